The van der Waals surface area contributed by atoms with E-state index in [9.17, 15) is 0 Å². The summed E-state index contributed by atoms with van der Waals surface area (Å²) in [5.41, 5.74) is 6.36. The first-order chi connectivity index (χ1) is 7.17. The molecule has 1 rings (SSSR count). The number of hydrogen-bond donors (Lipinski definition) is 2. The fraction of sp³-hybridized carbons (Fsp3) is 0.455. The lowest BCUT2D eigenvalue weighted by Gasteiger charge is -2.11. The Morgan fingerprint density at radius 3 is 2.87 bits per heavy atom. The fourth-order valence-corrected chi connectivity index (χ4v) is 2.25. The molecule has 0 aromatic heterocycles. The van der Waals surface area contributed by atoms with E-state index in [4.69, 9.17) is 15.6 Å². The van der Waals surface area contributed by atoms with Crippen LogP contribution in [-0.2, 0) is 0 Å². The molecule has 1 aromatic carbocycles. The van der Waals surface area contributed by atoms with Gasteiger partial charge in [-0.05, 0) is 24.6 Å². The number of ether oxygens (including phenoxy) is 1. The summed E-state index contributed by atoms with van der Waals surface area (Å²) < 4.78 is 5.14. The van der Waals surface area contributed by atoms with Crippen LogP contribution < -0.4 is 10.5 Å². The van der Waals surface area contributed by atoms with E-state index >= 15 is 0 Å². The van der Waals surface area contributed by atoms with Crippen LogP contribution >= 0.6 is 11.8 Å². The lowest BCUT2D eigenvalue weighted by molar-refractivity contribution is 0.289. The highest BCUT2D eigenvalue weighted by Gasteiger charge is 2.06. The number of nitrogen functional groups attached to an aromatic ring is 1. The molecular weight excluding hydrogens is 210 g/mol. The second-order valence-electron chi connectivity index (χ2n) is 3.34. The first-order valence-corrected chi connectivity index (χ1v) is 5.76. The summed E-state index contributed by atoms with van der Waals surface area (Å²) in [6, 6.07) is 5.73. The van der Waals surface area contributed by atoms with Crippen LogP contribution in [0.25, 0.3) is 0 Å². The average Bonchev–Trinajstić information content (AvgIpc) is 2.21. The predicted octanol–water partition coefficient (Wildman–Crippen LogP) is 2.14. The highest BCUT2D eigenvalue weighted by molar-refractivity contribution is 7.99. The van der Waals surface area contributed by atoms with E-state index in [1.165, 1.54) is 0 Å². The number of thioether (sulfide) groups is 1. The van der Waals surface area contributed by atoms with E-state index in [0.717, 1.165) is 11.3 Å². The second-order valence-corrected chi connectivity index (χ2v) is 4.86. The highest BCUT2D eigenvalue weighted by atomic mass is 32.2. The van der Waals surface area contributed by atoms with Crippen molar-refractivity contribution in [3.8, 4) is 5.75 Å². The van der Waals surface area contributed by atoms with Gasteiger partial charge in [0.2, 0.25) is 0 Å². The van der Waals surface area contributed by atoms with Gasteiger partial charge in [-0.2, -0.15) is 0 Å². The third kappa shape index (κ3) is 3.64. The molecule has 15 heavy (non-hydrogen) atoms. The summed E-state index contributed by atoms with van der Waals surface area (Å²) in [6.45, 7) is 2.31. The number of rotatable bonds is 5. The molecule has 0 spiro atoms. The predicted molar refractivity (Wildman–Crippen MR) is 64.4 cm³/mol. The van der Waals surface area contributed by atoms with E-state index in [0.29, 0.717) is 16.7 Å². The number of aliphatic hydroxyl groups excluding tert-OH is 1. The maximum atomic E-state index is 8.80. The van der Waals surface area contributed by atoms with Gasteiger partial charge in [0, 0.05) is 16.8 Å². The molecule has 0 heterocycles. The molecule has 0 saturated heterocycles. The van der Waals surface area contributed by atoms with Crippen molar-refractivity contribution in [1.82, 2.24) is 0 Å². The minimum absolute atomic E-state index is 0.222. The molecular formula is C11H17NO2S. The van der Waals surface area contributed by atoms with Crippen molar-refractivity contribution in [3.63, 3.8) is 0 Å². The summed E-state index contributed by atoms with van der Waals surface area (Å²) in [5.74, 6) is 0.705. The Bertz CT molecular complexity index is 317. The van der Waals surface area contributed by atoms with Crippen LogP contribution in [0, 0.1) is 0 Å². The fourth-order valence-electron chi connectivity index (χ4n) is 1.24. The van der Waals surface area contributed by atoms with Crippen molar-refractivity contribution in [1.29, 1.82) is 0 Å². The number of hydrogen-bond acceptors (Lipinski definition) is 4. The molecule has 3 nitrogen and oxygen atoms in total. The van der Waals surface area contributed by atoms with Gasteiger partial charge < -0.3 is 15.6 Å². The first kappa shape index (κ1) is 12.2. The summed E-state index contributed by atoms with van der Waals surface area (Å²) in [5, 5.41) is 9.19. The van der Waals surface area contributed by atoms with Gasteiger partial charge in [0.25, 0.3) is 0 Å². The van der Waals surface area contributed by atoms with Crippen molar-refractivity contribution < 1.29 is 9.84 Å². The van der Waals surface area contributed by atoms with Crippen molar-refractivity contribution in [3.05, 3.63) is 18.2 Å². The van der Waals surface area contributed by atoms with Crippen molar-refractivity contribution >= 4 is 17.4 Å². The summed E-state index contributed by atoms with van der Waals surface area (Å²) in [7, 11) is 1.61. The molecule has 84 valence electrons. The Morgan fingerprint density at radius 2 is 2.27 bits per heavy atom. The molecule has 3 N–H and O–H groups in total. The topological polar surface area (TPSA) is 55.5 Å². The van der Waals surface area contributed by atoms with E-state index in [1.807, 2.05) is 18.2 Å². The molecule has 0 fully saturated rings. The van der Waals surface area contributed by atoms with Crippen molar-refractivity contribution in [2.45, 2.75) is 23.5 Å². The lowest BCUT2D eigenvalue weighted by atomic mass is 10.3. The Morgan fingerprint density at radius 1 is 1.53 bits per heavy atom. The molecule has 4 heteroatoms. The quantitative estimate of drug-likeness (QED) is 0.597. The molecule has 0 aliphatic rings. The summed E-state index contributed by atoms with van der Waals surface area (Å²) in [4.78, 5) is 1.11. The van der Waals surface area contributed by atoms with E-state index in [2.05, 4.69) is 6.92 Å². The van der Waals surface area contributed by atoms with Crippen LogP contribution in [0.5, 0.6) is 5.75 Å². The monoisotopic (exact) mass is 227 g/mol. The molecule has 0 amide bonds. The molecule has 1 unspecified atom stereocenters. The number of aliphatic hydroxyl groups is 1. The van der Waals surface area contributed by atoms with Crippen molar-refractivity contribution in [2.75, 3.05) is 19.5 Å². The smallest absolute Gasteiger partial charge is 0.142 e. The maximum absolute atomic E-state index is 8.80. The van der Waals surface area contributed by atoms with Gasteiger partial charge >= 0.3 is 0 Å². The number of methoxy groups -OCH3 is 1. The average molecular weight is 227 g/mol. The summed E-state index contributed by atoms with van der Waals surface area (Å²) >= 11 is 1.71. The molecule has 0 saturated carbocycles. The number of nitrogens with two attached hydrogens (primary N) is 1. The Balaban J connectivity index is 2.69. The van der Waals surface area contributed by atoms with Crippen LogP contribution in [0.3, 0.4) is 0 Å². The minimum atomic E-state index is 0.222. The van der Waals surface area contributed by atoms with Crippen LogP contribution in [0.1, 0.15) is 13.3 Å². The van der Waals surface area contributed by atoms with E-state index in [1.54, 1.807) is 18.9 Å². The van der Waals surface area contributed by atoms with Crippen LogP contribution in [0.2, 0.25) is 0 Å². The Labute approximate surface area is 94.6 Å². The van der Waals surface area contributed by atoms with Crippen molar-refractivity contribution in [2.24, 2.45) is 0 Å². The zero-order valence-electron chi connectivity index (χ0n) is 9.06. The van der Waals surface area contributed by atoms with Gasteiger partial charge in [0.15, 0.2) is 0 Å². The van der Waals surface area contributed by atoms with Gasteiger partial charge in [-0.3, -0.25) is 0 Å². The van der Waals surface area contributed by atoms with Gasteiger partial charge in [0.05, 0.1) is 12.8 Å². The van der Waals surface area contributed by atoms with Crippen LogP contribution in [0.15, 0.2) is 23.1 Å². The first-order valence-electron chi connectivity index (χ1n) is 4.88. The summed E-state index contributed by atoms with van der Waals surface area (Å²) in [6.07, 6.45) is 0.789. The Kier molecular flexibility index (Phi) is 4.78. The maximum Gasteiger partial charge on any atom is 0.142 e. The van der Waals surface area contributed by atoms with Crippen LogP contribution in [-0.4, -0.2) is 24.1 Å². The lowest BCUT2D eigenvalue weighted by Crippen LogP contribution is -1.99. The third-order valence-electron chi connectivity index (χ3n) is 2.08. The van der Waals surface area contributed by atoms with Gasteiger partial charge in [-0.15, -0.1) is 11.8 Å². The van der Waals surface area contributed by atoms with Gasteiger partial charge in [-0.25, -0.2) is 0 Å². The molecule has 1 atom stereocenters. The van der Waals surface area contributed by atoms with E-state index in [-0.39, 0.29) is 6.61 Å². The normalized spacial score (nSPS) is 12.5. The minimum Gasteiger partial charge on any atom is -0.495 e. The number of anilines is 1. The van der Waals surface area contributed by atoms with Crippen LogP contribution in [0.4, 0.5) is 5.69 Å². The molecule has 0 aliphatic heterocycles. The van der Waals surface area contributed by atoms with Gasteiger partial charge in [0.1, 0.15) is 5.75 Å². The standard InChI is InChI=1S/C11H17NO2S/c1-8(5-6-13)15-9-3-4-10(12)11(7-9)14-2/h3-4,7-8,13H,5-6,12H2,1-2H3. The molecule has 0 radical (unpaired) electrons. The van der Waals surface area contributed by atoms with Gasteiger partial charge in [-0.1, -0.05) is 6.92 Å². The third-order valence-corrected chi connectivity index (χ3v) is 3.24. The zero-order valence-corrected chi connectivity index (χ0v) is 9.88. The van der Waals surface area contributed by atoms with E-state index < -0.39 is 0 Å². The number of benzene rings is 1. The molecule has 1 aromatic rings. The second kappa shape index (κ2) is 5.88. The largest absolute Gasteiger partial charge is 0.495 e. The SMILES string of the molecule is COc1cc(SC(C)CCO)ccc1N. The highest BCUT2D eigenvalue weighted by Crippen LogP contribution is 2.31. The Hall–Kier alpha value is -0.870. The molecule has 0 aliphatic carbocycles. The zero-order chi connectivity index (χ0) is 11.3. The molecule has 0 bridgehead atoms.